The fraction of sp³-hybridized carbons (Fsp3) is 0.438. The molecule has 2 aromatic rings. The van der Waals surface area contributed by atoms with Crippen molar-refractivity contribution in [1.29, 1.82) is 0 Å². The van der Waals surface area contributed by atoms with Gasteiger partial charge in [0.15, 0.2) is 0 Å². The highest BCUT2D eigenvalue weighted by Crippen LogP contribution is 2.44. The minimum absolute atomic E-state index is 0.153. The van der Waals surface area contributed by atoms with Gasteiger partial charge in [0.25, 0.3) is 5.56 Å². The van der Waals surface area contributed by atoms with Gasteiger partial charge in [-0.25, -0.2) is 0 Å². The fourth-order valence-electron chi connectivity index (χ4n) is 3.42. The average molecular weight is 254 g/mol. The Morgan fingerprint density at radius 3 is 2.63 bits per heavy atom. The normalized spacial score (nSPS) is 22.2. The van der Waals surface area contributed by atoms with Crippen LogP contribution in [0.4, 0.5) is 0 Å². The van der Waals surface area contributed by atoms with Crippen molar-refractivity contribution in [3.63, 3.8) is 0 Å². The Kier molecular flexibility index (Phi) is 2.40. The predicted molar refractivity (Wildman–Crippen MR) is 74.5 cm³/mol. The second-order valence-corrected chi connectivity index (χ2v) is 5.77. The number of hydrogen-bond donors (Lipinski definition) is 1. The summed E-state index contributed by atoms with van der Waals surface area (Å²) in [7, 11) is 0. The zero-order valence-corrected chi connectivity index (χ0v) is 10.9. The number of hydrogen-bond acceptors (Lipinski definition) is 1. The monoisotopic (exact) mass is 254 g/mol. The molecule has 98 valence electrons. The third-order valence-corrected chi connectivity index (χ3v) is 4.44. The maximum Gasteiger partial charge on any atom is 0.267 e. The molecule has 1 N–H and O–H groups in total. The number of fused-ring (bicyclic) bond motifs is 1. The van der Waals surface area contributed by atoms with Gasteiger partial charge in [0.05, 0.1) is 5.69 Å². The average Bonchev–Trinajstić information content (AvgIpc) is 3.21. The molecule has 1 fully saturated rings. The molecule has 0 spiro atoms. The predicted octanol–water partition coefficient (Wildman–Crippen LogP) is 2.98. The van der Waals surface area contributed by atoms with E-state index in [1.165, 1.54) is 24.1 Å². The smallest absolute Gasteiger partial charge is 0.267 e. The van der Waals surface area contributed by atoms with Crippen LogP contribution in [0.3, 0.4) is 0 Å². The van der Waals surface area contributed by atoms with Crippen LogP contribution in [0, 0.1) is 0 Å². The van der Waals surface area contributed by atoms with Crippen LogP contribution in [0.5, 0.6) is 0 Å². The first kappa shape index (κ1) is 11.1. The summed E-state index contributed by atoms with van der Waals surface area (Å²) in [5.74, 6) is 0.911. The van der Waals surface area contributed by atoms with E-state index < -0.39 is 0 Å². The molecule has 19 heavy (non-hydrogen) atoms. The minimum atomic E-state index is 0.153. The summed E-state index contributed by atoms with van der Waals surface area (Å²) in [5.41, 5.74) is 3.84. The second-order valence-electron chi connectivity index (χ2n) is 5.77. The van der Waals surface area contributed by atoms with Gasteiger partial charge in [0.2, 0.25) is 0 Å². The van der Waals surface area contributed by atoms with Crippen molar-refractivity contribution in [2.24, 2.45) is 0 Å². The molecule has 3 heteroatoms. The third kappa shape index (κ3) is 1.76. The van der Waals surface area contributed by atoms with Gasteiger partial charge >= 0.3 is 0 Å². The van der Waals surface area contributed by atoms with Crippen LogP contribution in [0.25, 0.3) is 0 Å². The molecule has 2 heterocycles. The summed E-state index contributed by atoms with van der Waals surface area (Å²) in [6.45, 7) is 0.959. The van der Waals surface area contributed by atoms with Crippen LogP contribution in [-0.4, -0.2) is 9.78 Å². The molecular weight excluding hydrogens is 236 g/mol. The standard InChI is InChI=1S/C16H18N2O/c19-16-14(12-8-9-12)15-13(7-4-10-18(15)17-16)11-5-2-1-3-6-11/h1-3,5-6,12-13H,4,7-10H2,(H,17,19). The highest BCUT2D eigenvalue weighted by molar-refractivity contribution is 5.37. The van der Waals surface area contributed by atoms with Crippen molar-refractivity contribution >= 4 is 0 Å². The number of nitrogens with one attached hydrogen (secondary N) is 1. The van der Waals surface area contributed by atoms with E-state index in [4.69, 9.17) is 0 Å². The van der Waals surface area contributed by atoms with Crippen LogP contribution in [-0.2, 0) is 6.54 Å². The first-order chi connectivity index (χ1) is 9.34. The van der Waals surface area contributed by atoms with Crippen molar-refractivity contribution in [3.05, 3.63) is 57.5 Å². The molecule has 1 aromatic carbocycles. The van der Waals surface area contributed by atoms with Crippen molar-refractivity contribution in [2.45, 2.75) is 44.1 Å². The number of aromatic amines is 1. The van der Waals surface area contributed by atoms with E-state index in [1.807, 2.05) is 0 Å². The summed E-state index contributed by atoms with van der Waals surface area (Å²) < 4.78 is 2.11. The maximum atomic E-state index is 12.2. The van der Waals surface area contributed by atoms with E-state index in [1.54, 1.807) is 0 Å². The number of rotatable bonds is 2. The topological polar surface area (TPSA) is 37.8 Å². The van der Waals surface area contributed by atoms with Gasteiger partial charge in [-0.2, -0.15) is 0 Å². The Labute approximate surface area is 112 Å². The molecular formula is C16H18N2O. The van der Waals surface area contributed by atoms with E-state index in [9.17, 15) is 4.79 Å². The Hall–Kier alpha value is -1.77. The summed E-state index contributed by atoms with van der Waals surface area (Å²) in [4.78, 5) is 12.2. The number of benzene rings is 1. The van der Waals surface area contributed by atoms with E-state index in [-0.39, 0.29) is 5.56 Å². The van der Waals surface area contributed by atoms with Gasteiger partial charge < -0.3 is 0 Å². The molecule has 0 amide bonds. The highest BCUT2D eigenvalue weighted by Gasteiger charge is 2.35. The van der Waals surface area contributed by atoms with E-state index in [0.717, 1.165) is 24.9 Å². The maximum absolute atomic E-state index is 12.2. The Bertz CT molecular complexity index is 649. The van der Waals surface area contributed by atoms with Gasteiger partial charge in [0.1, 0.15) is 0 Å². The summed E-state index contributed by atoms with van der Waals surface area (Å²) in [6, 6.07) is 10.6. The third-order valence-electron chi connectivity index (χ3n) is 4.44. The van der Waals surface area contributed by atoms with Gasteiger partial charge in [0, 0.05) is 18.0 Å². The summed E-state index contributed by atoms with van der Waals surface area (Å²) >= 11 is 0. The molecule has 1 aromatic heterocycles. The van der Waals surface area contributed by atoms with E-state index in [0.29, 0.717) is 11.8 Å². The van der Waals surface area contributed by atoms with Crippen LogP contribution in [0.2, 0.25) is 0 Å². The number of nitrogens with zero attached hydrogens (tertiary/aromatic N) is 1. The Morgan fingerprint density at radius 1 is 1.11 bits per heavy atom. The lowest BCUT2D eigenvalue weighted by atomic mass is 9.86. The molecule has 0 radical (unpaired) electrons. The zero-order chi connectivity index (χ0) is 12.8. The van der Waals surface area contributed by atoms with Gasteiger partial charge in [-0.1, -0.05) is 30.3 Å². The van der Waals surface area contributed by atoms with Crippen molar-refractivity contribution in [1.82, 2.24) is 9.78 Å². The van der Waals surface area contributed by atoms with Crippen LogP contribution < -0.4 is 5.56 Å². The Balaban J connectivity index is 1.88. The molecule has 0 saturated heterocycles. The number of aryl methyl sites for hydroxylation is 1. The molecule has 4 rings (SSSR count). The summed E-state index contributed by atoms with van der Waals surface area (Å²) in [6.07, 6.45) is 4.66. The summed E-state index contributed by atoms with van der Waals surface area (Å²) in [5, 5.41) is 3.05. The minimum Gasteiger partial charge on any atom is -0.288 e. The van der Waals surface area contributed by atoms with Gasteiger partial charge in [-0.05, 0) is 37.2 Å². The van der Waals surface area contributed by atoms with E-state index >= 15 is 0 Å². The molecule has 0 bridgehead atoms. The van der Waals surface area contributed by atoms with Crippen molar-refractivity contribution < 1.29 is 0 Å². The molecule has 1 aliphatic carbocycles. The quantitative estimate of drug-likeness (QED) is 0.879. The lowest BCUT2D eigenvalue weighted by molar-refractivity contribution is 0.450. The van der Waals surface area contributed by atoms with Crippen molar-refractivity contribution in [3.8, 4) is 0 Å². The van der Waals surface area contributed by atoms with Crippen molar-refractivity contribution in [2.75, 3.05) is 0 Å². The molecule has 1 aliphatic heterocycles. The van der Waals surface area contributed by atoms with Crippen LogP contribution >= 0.6 is 0 Å². The second kappa shape index (κ2) is 4.12. The molecule has 1 unspecified atom stereocenters. The number of aromatic nitrogens is 2. The zero-order valence-electron chi connectivity index (χ0n) is 10.9. The van der Waals surface area contributed by atoms with Gasteiger partial charge in [-0.3, -0.25) is 14.6 Å². The molecule has 1 saturated carbocycles. The lowest BCUT2D eigenvalue weighted by Gasteiger charge is -2.25. The lowest BCUT2D eigenvalue weighted by Crippen LogP contribution is -2.18. The molecule has 3 nitrogen and oxygen atoms in total. The fourth-order valence-corrected chi connectivity index (χ4v) is 3.42. The highest BCUT2D eigenvalue weighted by atomic mass is 16.1. The van der Waals surface area contributed by atoms with E-state index in [2.05, 4.69) is 40.1 Å². The first-order valence-electron chi connectivity index (χ1n) is 7.22. The number of H-pyrrole nitrogens is 1. The largest absolute Gasteiger partial charge is 0.288 e. The SMILES string of the molecule is O=c1[nH]n2c(c1C1CC1)C(c1ccccc1)CCC2. The Morgan fingerprint density at radius 2 is 1.89 bits per heavy atom. The van der Waals surface area contributed by atoms with Crippen LogP contribution in [0.1, 0.15) is 54.3 Å². The molecule has 2 aliphatic rings. The molecule has 1 atom stereocenters. The van der Waals surface area contributed by atoms with Crippen LogP contribution in [0.15, 0.2) is 35.1 Å². The first-order valence-corrected chi connectivity index (χ1v) is 7.22. The van der Waals surface area contributed by atoms with Gasteiger partial charge in [-0.15, -0.1) is 0 Å².